The van der Waals surface area contributed by atoms with Gasteiger partial charge in [0.2, 0.25) is 0 Å². The second kappa shape index (κ2) is 2.76. The van der Waals surface area contributed by atoms with Gasteiger partial charge in [-0.2, -0.15) is 0 Å². The molecule has 0 unspecified atom stereocenters. The van der Waals surface area contributed by atoms with E-state index in [1.54, 1.807) is 11.3 Å². The Labute approximate surface area is 85.5 Å². The molecule has 1 aliphatic heterocycles. The van der Waals surface area contributed by atoms with Gasteiger partial charge in [0.15, 0.2) is 0 Å². The molecule has 2 N–H and O–H groups in total. The first-order valence-electron chi connectivity index (χ1n) is 4.51. The van der Waals surface area contributed by atoms with Crippen molar-refractivity contribution < 1.29 is 4.74 Å². The minimum Gasteiger partial charge on any atom is -0.377 e. The molecular weight excluding hydrogens is 196 g/mol. The van der Waals surface area contributed by atoms with Crippen molar-refractivity contribution in [3.8, 4) is 0 Å². The van der Waals surface area contributed by atoms with Crippen LogP contribution in [0.3, 0.4) is 0 Å². The number of nitrogens with zero attached hydrogens (tertiary/aromatic N) is 1. The molecule has 3 nitrogen and oxygen atoms in total. The number of hydrogen-bond acceptors (Lipinski definition) is 4. The molecule has 0 aliphatic carbocycles. The first-order chi connectivity index (χ1) is 6.78. The molecule has 14 heavy (non-hydrogen) atoms. The molecule has 3 rings (SSSR count). The molecule has 4 heteroatoms. The summed E-state index contributed by atoms with van der Waals surface area (Å²) in [6.45, 7) is 1.18. The molecule has 0 bridgehead atoms. The van der Waals surface area contributed by atoms with E-state index < -0.39 is 0 Å². The first-order valence-corrected chi connectivity index (χ1v) is 5.32. The third-order valence-electron chi connectivity index (χ3n) is 2.44. The van der Waals surface area contributed by atoms with Crippen LogP contribution in [0.4, 0.5) is 0 Å². The normalized spacial score (nSPS) is 19.5. The molecule has 0 atom stereocenters. The van der Waals surface area contributed by atoms with E-state index in [0.29, 0.717) is 13.2 Å². The van der Waals surface area contributed by atoms with E-state index in [4.69, 9.17) is 10.5 Å². The molecule has 2 aromatic rings. The van der Waals surface area contributed by atoms with Gasteiger partial charge in [0.25, 0.3) is 0 Å². The molecule has 0 amide bonds. The van der Waals surface area contributed by atoms with Crippen LogP contribution in [0, 0.1) is 0 Å². The zero-order valence-corrected chi connectivity index (χ0v) is 8.38. The number of ether oxygens (including phenoxy) is 1. The maximum atomic E-state index is 6.11. The van der Waals surface area contributed by atoms with Crippen molar-refractivity contribution in [1.82, 2.24) is 4.98 Å². The van der Waals surface area contributed by atoms with Crippen molar-refractivity contribution in [2.75, 3.05) is 13.2 Å². The van der Waals surface area contributed by atoms with Crippen LogP contribution in [-0.4, -0.2) is 18.2 Å². The van der Waals surface area contributed by atoms with Crippen molar-refractivity contribution in [2.45, 2.75) is 5.54 Å². The Hall–Kier alpha value is -0.970. The number of para-hydroxylation sites is 1. The number of thiazole rings is 1. The second-order valence-corrected chi connectivity index (χ2v) is 4.67. The van der Waals surface area contributed by atoms with Gasteiger partial charge in [-0.3, -0.25) is 0 Å². The van der Waals surface area contributed by atoms with Gasteiger partial charge in [0, 0.05) is 0 Å². The lowest BCUT2D eigenvalue weighted by Gasteiger charge is -2.35. The quantitative estimate of drug-likeness (QED) is 0.768. The van der Waals surface area contributed by atoms with E-state index >= 15 is 0 Å². The molecule has 72 valence electrons. The number of benzene rings is 1. The minimum absolute atomic E-state index is 0.330. The molecular formula is C10H10N2OS. The third kappa shape index (κ3) is 1.08. The Morgan fingerprint density at radius 3 is 2.79 bits per heavy atom. The van der Waals surface area contributed by atoms with E-state index in [9.17, 15) is 0 Å². The Kier molecular flexibility index (Phi) is 1.65. The van der Waals surface area contributed by atoms with Crippen molar-refractivity contribution in [1.29, 1.82) is 0 Å². The lowest BCUT2D eigenvalue weighted by molar-refractivity contribution is -0.0568. The monoisotopic (exact) mass is 206 g/mol. The van der Waals surface area contributed by atoms with Gasteiger partial charge in [-0.25, -0.2) is 4.98 Å². The summed E-state index contributed by atoms with van der Waals surface area (Å²) >= 11 is 1.66. The Bertz CT molecular complexity index is 443. The van der Waals surface area contributed by atoms with Crippen LogP contribution < -0.4 is 5.73 Å². The molecule has 1 aromatic carbocycles. The first kappa shape index (κ1) is 8.35. The highest BCUT2D eigenvalue weighted by Crippen LogP contribution is 2.32. The van der Waals surface area contributed by atoms with E-state index in [0.717, 1.165) is 10.5 Å². The van der Waals surface area contributed by atoms with Crippen LogP contribution in [0.25, 0.3) is 10.2 Å². The molecule has 2 heterocycles. The zero-order valence-electron chi connectivity index (χ0n) is 7.56. The summed E-state index contributed by atoms with van der Waals surface area (Å²) in [6, 6.07) is 8.09. The van der Waals surface area contributed by atoms with Gasteiger partial charge in [-0.05, 0) is 12.1 Å². The Morgan fingerprint density at radius 2 is 2.14 bits per heavy atom. The smallest absolute Gasteiger partial charge is 0.119 e. The van der Waals surface area contributed by atoms with Crippen LogP contribution >= 0.6 is 11.3 Å². The summed E-state index contributed by atoms with van der Waals surface area (Å²) < 4.78 is 6.32. The summed E-state index contributed by atoms with van der Waals surface area (Å²) in [4.78, 5) is 4.52. The highest BCUT2D eigenvalue weighted by molar-refractivity contribution is 7.18. The largest absolute Gasteiger partial charge is 0.377 e. The SMILES string of the molecule is NC1(c2nc3ccccc3s2)COC1. The fourth-order valence-corrected chi connectivity index (χ4v) is 2.57. The van der Waals surface area contributed by atoms with E-state index in [-0.39, 0.29) is 5.54 Å². The number of aromatic nitrogens is 1. The molecule has 1 saturated heterocycles. The summed E-state index contributed by atoms with van der Waals surface area (Å²) in [7, 11) is 0. The maximum absolute atomic E-state index is 6.11. The topological polar surface area (TPSA) is 48.1 Å². The maximum Gasteiger partial charge on any atom is 0.119 e. The second-order valence-electron chi connectivity index (χ2n) is 3.64. The summed E-state index contributed by atoms with van der Waals surface area (Å²) in [6.07, 6.45) is 0. The van der Waals surface area contributed by atoms with E-state index in [1.807, 2.05) is 18.2 Å². The van der Waals surface area contributed by atoms with Crippen molar-refractivity contribution in [3.63, 3.8) is 0 Å². The molecule has 1 aliphatic rings. The van der Waals surface area contributed by atoms with Crippen LogP contribution in [0.5, 0.6) is 0 Å². The van der Waals surface area contributed by atoms with Crippen LogP contribution in [0.1, 0.15) is 5.01 Å². The van der Waals surface area contributed by atoms with Crippen LogP contribution in [0.2, 0.25) is 0 Å². The zero-order chi connectivity index (χ0) is 9.60. The Balaban J connectivity index is 2.14. The van der Waals surface area contributed by atoms with Crippen molar-refractivity contribution in [2.24, 2.45) is 5.73 Å². The van der Waals surface area contributed by atoms with Gasteiger partial charge >= 0.3 is 0 Å². The summed E-state index contributed by atoms with van der Waals surface area (Å²) in [5, 5.41) is 0.991. The lowest BCUT2D eigenvalue weighted by Crippen LogP contribution is -2.54. The average Bonchev–Trinajstić information content (AvgIpc) is 2.57. The third-order valence-corrected chi connectivity index (χ3v) is 3.70. The van der Waals surface area contributed by atoms with Crippen LogP contribution in [-0.2, 0) is 10.3 Å². The average molecular weight is 206 g/mol. The van der Waals surface area contributed by atoms with Gasteiger partial charge in [-0.1, -0.05) is 12.1 Å². The van der Waals surface area contributed by atoms with Crippen molar-refractivity contribution >= 4 is 21.6 Å². The number of rotatable bonds is 1. The molecule has 0 radical (unpaired) electrons. The highest BCUT2D eigenvalue weighted by atomic mass is 32.1. The predicted molar refractivity (Wildman–Crippen MR) is 56.3 cm³/mol. The molecule has 0 saturated carbocycles. The molecule has 1 fully saturated rings. The number of fused-ring (bicyclic) bond motifs is 1. The number of nitrogens with two attached hydrogens (primary N) is 1. The summed E-state index contributed by atoms with van der Waals surface area (Å²) in [5.74, 6) is 0. The van der Waals surface area contributed by atoms with Gasteiger partial charge in [0.1, 0.15) is 10.5 Å². The van der Waals surface area contributed by atoms with Gasteiger partial charge in [0.05, 0.1) is 23.4 Å². The number of hydrogen-bond donors (Lipinski definition) is 1. The van der Waals surface area contributed by atoms with Crippen molar-refractivity contribution in [3.05, 3.63) is 29.3 Å². The minimum atomic E-state index is -0.330. The van der Waals surface area contributed by atoms with E-state index in [1.165, 1.54) is 4.70 Å². The molecule has 1 aromatic heterocycles. The van der Waals surface area contributed by atoms with Gasteiger partial charge in [-0.15, -0.1) is 11.3 Å². The van der Waals surface area contributed by atoms with Gasteiger partial charge < -0.3 is 10.5 Å². The fourth-order valence-electron chi connectivity index (χ4n) is 1.53. The standard InChI is InChI=1S/C10H10N2OS/c11-10(5-13-6-10)9-12-7-3-1-2-4-8(7)14-9/h1-4H,5-6,11H2. The van der Waals surface area contributed by atoms with E-state index in [2.05, 4.69) is 11.1 Å². The summed E-state index contributed by atoms with van der Waals surface area (Å²) in [5.41, 5.74) is 6.81. The Morgan fingerprint density at radius 1 is 1.36 bits per heavy atom. The predicted octanol–water partition coefficient (Wildman–Crippen LogP) is 1.48. The molecule has 0 spiro atoms. The fraction of sp³-hybridized carbons (Fsp3) is 0.300. The highest BCUT2D eigenvalue weighted by Gasteiger charge is 2.39. The lowest BCUT2D eigenvalue weighted by atomic mass is 10.0. The van der Waals surface area contributed by atoms with Crippen LogP contribution in [0.15, 0.2) is 24.3 Å².